The van der Waals surface area contributed by atoms with Gasteiger partial charge >= 0.3 is 5.97 Å². The minimum Gasteiger partial charge on any atom is -0.462 e. The first kappa shape index (κ1) is 14.8. The summed E-state index contributed by atoms with van der Waals surface area (Å²) < 4.78 is 6.79. The Morgan fingerprint density at radius 3 is 2.70 bits per heavy atom. The van der Waals surface area contributed by atoms with Crippen molar-refractivity contribution in [2.75, 3.05) is 6.61 Å². The van der Waals surface area contributed by atoms with Crippen LogP contribution in [0.3, 0.4) is 0 Å². The van der Waals surface area contributed by atoms with Crippen molar-refractivity contribution < 1.29 is 9.53 Å². The van der Waals surface area contributed by atoms with Gasteiger partial charge < -0.3 is 9.30 Å². The van der Waals surface area contributed by atoms with Gasteiger partial charge in [0.1, 0.15) is 0 Å². The molecule has 2 rings (SSSR count). The first-order valence-corrected chi connectivity index (χ1v) is 7.42. The van der Waals surface area contributed by atoms with E-state index in [-0.39, 0.29) is 11.5 Å². The summed E-state index contributed by atoms with van der Waals surface area (Å²) in [4.78, 5) is 24.1. The highest BCUT2D eigenvalue weighted by Gasteiger charge is 2.21. The van der Waals surface area contributed by atoms with Gasteiger partial charge in [0.2, 0.25) is 0 Å². The first-order valence-electron chi connectivity index (χ1n) is 7.42. The third kappa shape index (κ3) is 3.30. The Kier molecular flexibility index (Phi) is 4.63. The number of hydrogen-bond donors (Lipinski definition) is 0. The highest BCUT2D eigenvalue weighted by Crippen LogP contribution is 2.33. The van der Waals surface area contributed by atoms with Gasteiger partial charge in [-0.1, -0.05) is 12.8 Å². The van der Waals surface area contributed by atoms with Crippen LogP contribution in [0.1, 0.15) is 54.2 Å². The average Bonchev–Trinajstić information content (AvgIpc) is 3.17. The van der Waals surface area contributed by atoms with Crippen molar-refractivity contribution in [3.8, 4) is 0 Å². The van der Waals surface area contributed by atoms with Gasteiger partial charge in [-0.3, -0.25) is 4.79 Å². The molecule has 1 heterocycles. The highest BCUT2D eigenvalue weighted by molar-refractivity contribution is 5.92. The van der Waals surface area contributed by atoms with Gasteiger partial charge in [-0.05, 0) is 45.1 Å². The zero-order chi connectivity index (χ0) is 14.7. The molecule has 0 aromatic carbocycles. The Morgan fingerprint density at radius 2 is 2.10 bits per heavy atom. The maximum absolute atomic E-state index is 12.1. The van der Waals surface area contributed by atoms with Crippen LogP contribution in [0.15, 0.2) is 10.9 Å². The van der Waals surface area contributed by atoms with Gasteiger partial charge in [0.25, 0.3) is 5.56 Å². The molecule has 0 aliphatic heterocycles. The van der Waals surface area contributed by atoms with Gasteiger partial charge in [0.15, 0.2) is 0 Å². The zero-order valence-electron chi connectivity index (χ0n) is 12.6. The van der Waals surface area contributed by atoms with E-state index in [1.54, 1.807) is 18.4 Å². The van der Waals surface area contributed by atoms with Crippen molar-refractivity contribution in [2.24, 2.45) is 5.92 Å². The summed E-state index contributed by atoms with van der Waals surface area (Å²) >= 11 is 0. The van der Waals surface area contributed by atoms with Crippen LogP contribution < -0.4 is 5.56 Å². The molecular weight excluding hydrogens is 254 g/mol. The standard InChI is InChI=1S/C16H23NO3/c1-4-20-16(19)15-11(2)10-14(18)17(12(15)3)9-5-6-13-7-8-13/h10,13H,4-9H2,1-3H3. The normalized spacial score (nSPS) is 14.3. The summed E-state index contributed by atoms with van der Waals surface area (Å²) in [6.45, 7) is 6.44. The molecule has 20 heavy (non-hydrogen) atoms. The monoisotopic (exact) mass is 277 g/mol. The lowest BCUT2D eigenvalue weighted by Gasteiger charge is -2.15. The zero-order valence-corrected chi connectivity index (χ0v) is 12.6. The number of pyridine rings is 1. The van der Waals surface area contributed by atoms with Crippen LogP contribution in [0.25, 0.3) is 0 Å². The van der Waals surface area contributed by atoms with Crippen LogP contribution in [0.4, 0.5) is 0 Å². The van der Waals surface area contributed by atoms with E-state index in [0.717, 1.165) is 18.0 Å². The quantitative estimate of drug-likeness (QED) is 0.751. The van der Waals surface area contributed by atoms with Crippen LogP contribution >= 0.6 is 0 Å². The molecule has 0 bridgehead atoms. The second-order valence-electron chi connectivity index (χ2n) is 5.58. The van der Waals surface area contributed by atoms with Gasteiger partial charge in [0, 0.05) is 18.3 Å². The predicted molar refractivity (Wildman–Crippen MR) is 78.1 cm³/mol. The largest absolute Gasteiger partial charge is 0.462 e. The molecular formula is C16H23NO3. The summed E-state index contributed by atoms with van der Waals surface area (Å²) in [6, 6.07) is 1.54. The molecule has 1 aromatic heterocycles. The van der Waals surface area contributed by atoms with Crippen molar-refractivity contribution in [3.63, 3.8) is 0 Å². The van der Waals surface area contributed by atoms with Crippen molar-refractivity contribution in [3.05, 3.63) is 33.2 Å². The van der Waals surface area contributed by atoms with E-state index in [1.807, 2.05) is 6.92 Å². The number of aromatic nitrogens is 1. The summed E-state index contributed by atoms with van der Waals surface area (Å²) in [7, 11) is 0. The van der Waals surface area contributed by atoms with Crippen LogP contribution in [0, 0.1) is 19.8 Å². The minimum atomic E-state index is -0.335. The number of nitrogens with zero attached hydrogens (tertiary/aromatic N) is 1. The maximum atomic E-state index is 12.1. The highest BCUT2D eigenvalue weighted by atomic mass is 16.5. The number of aryl methyl sites for hydroxylation is 1. The Labute approximate surface area is 119 Å². The molecule has 1 aliphatic rings. The molecule has 1 fully saturated rings. The maximum Gasteiger partial charge on any atom is 0.340 e. The minimum absolute atomic E-state index is 0.0242. The fourth-order valence-corrected chi connectivity index (χ4v) is 2.66. The van der Waals surface area contributed by atoms with Gasteiger partial charge in [-0.15, -0.1) is 0 Å². The van der Waals surface area contributed by atoms with Crippen molar-refractivity contribution >= 4 is 5.97 Å². The molecule has 0 N–H and O–H groups in total. The van der Waals surface area contributed by atoms with E-state index in [2.05, 4.69) is 0 Å². The van der Waals surface area contributed by atoms with E-state index in [4.69, 9.17) is 4.74 Å². The Bertz CT molecular complexity index is 556. The van der Waals surface area contributed by atoms with Crippen LogP contribution in [-0.2, 0) is 11.3 Å². The Balaban J connectivity index is 2.23. The van der Waals surface area contributed by atoms with Gasteiger partial charge in [-0.25, -0.2) is 4.79 Å². The molecule has 1 aliphatic carbocycles. The van der Waals surface area contributed by atoms with Gasteiger partial charge in [-0.2, -0.15) is 0 Å². The molecule has 0 spiro atoms. The molecule has 0 amide bonds. The third-order valence-electron chi connectivity index (χ3n) is 3.94. The van der Waals surface area contributed by atoms with Crippen molar-refractivity contribution in [2.45, 2.75) is 53.0 Å². The second kappa shape index (κ2) is 6.25. The van der Waals surface area contributed by atoms with Crippen molar-refractivity contribution in [1.29, 1.82) is 0 Å². The molecule has 0 unspecified atom stereocenters. The van der Waals surface area contributed by atoms with Crippen LogP contribution in [0.5, 0.6) is 0 Å². The third-order valence-corrected chi connectivity index (χ3v) is 3.94. The molecule has 0 atom stereocenters. The van der Waals surface area contributed by atoms with E-state index >= 15 is 0 Å². The lowest BCUT2D eigenvalue weighted by atomic mass is 10.1. The lowest BCUT2D eigenvalue weighted by Crippen LogP contribution is -2.26. The van der Waals surface area contributed by atoms with E-state index in [9.17, 15) is 9.59 Å². The molecule has 1 aromatic rings. The smallest absolute Gasteiger partial charge is 0.340 e. The summed E-state index contributed by atoms with van der Waals surface area (Å²) in [6.07, 6.45) is 4.83. The SMILES string of the molecule is CCOC(=O)c1c(C)cc(=O)n(CCCC2CC2)c1C. The van der Waals surface area contributed by atoms with Crippen molar-refractivity contribution in [1.82, 2.24) is 4.57 Å². The fourth-order valence-electron chi connectivity index (χ4n) is 2.66. The summed E-state index contributed by atoms with van der Waals surface area (Å²) in [5.41, 5.74) is 1.94. The number of hydrogen-bond acceptors (Lipinski definition) is 3. The molecule has 110 valence electrons. The molecule has 1 saturated carbocycles. The number of carbonyl (C=O) groups is 1. The Morgan fingerprint density at radius 1 is 1.40 bits per heavy atom. The Hall–Kier alpha value is -1.58. The van der Waals surface area contributed by atoms with E-state index in [0.29, 0.717) is 24.3 Å². The molecule has 4 nitrogen and oxygen atoms in total. The number of ether oxygens (including phenoxy) is 1. The number of rotatable bonds is 6. The average molecular weight is 277 g/mol. The number of esters is 1. The topological polar surface area (TPSA) is 48.3 Å². The summed E-state index contributed by atoms with van der Waals surface area (Å²) in [5.74, 6) is 0.527. The van der Waals surface area contributed by atoms with Crippen LogP contribution in [-0.4, -0.2) is 17.1 Å². The molecule has 0 saturated heterocycles. The fraction of sp³-hybridized carbons (Fsp3) is 0.625. The van der Waals surface area contributed by atoms with Gasteiger partial charge in [0.05, 0.1) is 12.2 Å². The van der Waals surface area contributed by atoms with E-state index in [1.165, 1.54) is 25.3 Å². The number of carbonyl (C=O) groups excluding carboxylic acids is 1. The van der Waals surface area contributed by atoms with E-state index < -0.39 is 0 Å². The predicted octanol–water partition coefficient (Wildman–Crippen LogP) is 2.83. The lowest BCUT2D eigenvalue weighted by molar-refractivity contribution is 0.0523. The second-order valence-corrected chi connectivity index (χ2v) is 5.58. The molecule has 0 radical (unpaired) electrons. The van der Waals surface area contributed by atoms with Crippen LogP contribution in [0.2, 0.25) is 0 Å². The summed E-state index contributed by atoms with van der Waals surface area (Å²) in [5, 5.41) is 0. The first-order chi connectivity index (χ1) is 9.54. The molecule has 4 heteroatoms.